The van der Waals surface area contributed by atoms with Gasteiger partial charge in [-0.3, -0.25) is 4.79 Å². The molecule has 0 heterocycles. The first-order chi connectivity index (χ1) is 6.93. The average Bonchev–Trinajstić information content (AvgIpc) is 2.21. The van der Waals surface area contributed by atoms with Gasteiger partial charge in [0.05, 0.1) is 13.2 Å². The largest absolute Gasteiger partial charge is 0.462 e. The number of rotatable bonds is 2. The maximum Gasteiger partial charge on any atom is 0.396 e. The molecule has 2 unspecified atom stereocenters. The van der Waals surface area contributed by atoms with Crippen molar-refractivity contribution in [2.75, 3.05) is 14.2 Å². The van der Waals surface area contributed by atoms with Crippen molar-refractivity contribution in [3.8, 4) is 0 Å². The quantitative estimate of drug-likeness (QED) is 0.523. The molecule has 1 rings (SSSR count). The van der Waals surface area contributed by atoms with E-state index in [1.807, 2.05) is 13.8 Å². The number of carbonyl (C=O) groups is 2. The average molecular weight is 215 g/mol. The zero-order chi connectivity index (χ0) is 11.6. The standard InChI is InChI=1S/C10H17NO4/c1-10(2)6(5-7(10)14-3)11-8(12)9(13)15-4/h6-7H,5H2,1-4H3,(H,11,12). The van der Waals surface area contributed by atoms with E-state index in [0.717, 1.165) is 6.42 Å². The minimum atomic E-state index is -0.855. The van der Waals surface area contributed by atoms with Gasteiger partial charge in [0.25, 0.3) is 0 Å². The highest BCUT2D eigenvalue weighted by molar-refractivity contribution is 6.32. The minimum absolute atomic E-state index is 0.0333. The first-order valence-corrected chi connectivity index (χ1v) is 4.85. The summed E-state index contributed by atoms with van der Waals surface area (Å²) < 4.78 is 9.55. The molecule has 1 aliphatic rings. The number of amides is 1. The Morgan fingerprint density at radius 2 is 1.93 bits per heavy atom. The van der Waals surface area contributed by atoms with E-state index in [-0.39, 0.29) is 17.6 Å². The molecule has 1 amide bonds. The molecule has 15 heavy (non-hydrogen) atoms. The molecule has 0 bridgehead atoms. The van der Waals surface area contributed by atoms with Crippen molar-refractivity contribution in [3.05, 3.63) is 0 Å². The van der Waals surface area contributed by atoms with Crippen LogP contribution < -0.4 is 5.32 Å². The topological polar surface area (TPSA) is 64.6 Å². The molecule has 1 aliphatic carbocycles. The predicted molar refractivity (Wildman–Crippen MR) is 53.1 cm³/mol. The summed E-state index contributed by atoms with van der Waals surface area (Å²) in [6.07, 6.45) is 0.854. The molecule has 0 aromatic heterocycles. The van der Waals surface area contributed by atoms with Crippen molar-refractivity contribution in [2.24, 2.45) is 5.41 Å². The van der Waals surface area contributed by atoms with Crippen LogP contribution in [-0.4, -0.2) is 38.2 Å². The SMILES string of the molecule is COC(=O)C(=O)NC1CC(OC)C1(C)C. The van der Waals surface area contributed by atoms with Crippen molar-refractivity contribution >= 4 is 11.9 Å². The van der Waals surface area contributed by atoms with Gasteiger partial charge in [0.2, 0.25) is 0 Å². The summed E-state index contributed by atoms with van der Waals surface area (Å²) in [5.74, 6) is -1.54. The third-order valence-electron chi connectivity index (χ3n) is 3.14. The predicted octanol–water partition coefficient (Wildman–Crippen LogP) is 0.0891. The molecule has 5 nitrogen and oxygen atoms in total. The number of nitrogens with one attached hydrogen (secondary N) is 1. The van der Waals surface area contributed by atoms with Gasteiger partial charge in [0, 0.05) is 18.6 Å². The summed E-state index contributed by atoms with van der Waals surface area (Å²) in [5.41, 5.74) is -0.140. The van der Waals surface area contributed by atoms with Crippen LogP contribution in [0, 0.1) is 5.41 Å². The number of esters is 1. The van der Waals surface area contributed by atoms with Crippen molar-refractivity contribution in [2.45, 2.75) is 32.4 Å². The van der Waals surface area contributed by atoms with Crippen LogP contribution in [0.1, 0.15) is 20.3 Å². The fraction of sp³-hybridized carbons (Fsp3) is 0.800. The van der Waals surface area contributed by atoms with Crippen LogP contribution in [0.25, 0.3) is 0 Å². The van der Waals surface area contributed by atoms with Gasteiger partial charge in [-0.2, -0.15) is 0 Å². The molecule has 86 valence electrons. The highest BCUT2D eigenvalue weighted by Crippen LogP contribution is 2.42. The zero-order valence-electron chi connectivity index (χ0n) is 9.49. The summed E-state index contributed by atoms with van der Waals surface area (Å²) in [5, 5.41) is 2.63. The van der Waals surface area contributed by atoms with Crippen molar-refractivity contribution < 1.29 is 19.1 Å². The highest BCUT2D eigenvalue weighted by Gasteiger charge is 2.49. The second-order valence-corrected chi connectivity index (χ2v) is 4.30. The Kier molecular flexibility index (Phi) is 3.34. The Labute approximate surface area is 89.1 Å². The maximum atomic E-state index is 11.2. The third-order valence-corrected chi connectivity index (χ3v) is 3.14. The number of ether oxygens (including phenoxy) is 2. The Balaban J connectivity index is 2.49. The van der Waals surface area contributed by atoms with Gasteiger partial charge in [-0.05, 0) is 6.42 Å². The molecular formula is C10H17NO4. The first kappa shape index (κ1) is 12.0. The van der Waals surface area contributed by atoms with Gasteiger partial charge >= 0.3 is 11.9 Å². The Morgan fingerprint density at radius 1 is 1.33 bits per heavy atom. The van der Waals surface area contributed by atoms with Crippen molar-refractivity contribution in [1.82, 2.24) is 5.32 Å². The number of carbonyl (C=O) groups excluding carboxylic acids is 2. The van der Waals surface area contributed by atoms with Crippen LogP contribution in [-0.2, 0) is 19.1 Å². The molecule has 0 radical (unpaired) electrons. The summed E-state index contributed by atoms with van der Waals surface area (Å²) in [4.78, 5) is 22.1. The lowest BCUT2D eigenvalue weighted by Crippen LogP contribution is -2.62. The minimum Gasteiger partial charge on any atom is -0.462 e. The molecule has 0 aliphatic heterocycles. The molecular weight excluding hydrogens is 198 g/mol. The van der Waals surface area contributed by atoms with E-state index >= 15 is 0 Å². The van der Waals surface area contributed by atoms with Gasteiger partial charge in [-0.15, -0.1) is 0 Å². The van der Waals surface area contributed by atoms with E-state index in [0.29, 0.717) is 0 Å². The number of hydrogen-bond donors (Lipinski definition) is 1. The molecule has 5 heteroatoms. The molecule has 0 aromatic carbocycles. The van der Waals surface area contributed by atoms with E-state index in [1.54, 1.807) is 7.11 Å². The maximum absolute atomic E-state index is 11.2. The molecule has 2 atom stereocenters. The third kappa shape index (κ3) is 2.12. The molecule has 1 fully saturated rings. The molecule has 1 saturated carbocycles. The highest BCUT2D eigenvalue weighted by atomic mass is 16.5. The van der Waals surface area contributed by atoms with E-state index in [1.165, 1.54) is 7.11 Å². The zero-order valence-corrected chi connectivity index (χ0v) is 9.49. The summed E-state index contributed by atoms with van der Waals surface area (Å²) in [6.45, 7) is 3.99. The molecule has 0 spiro atoms. The monoisotopic (exact) mass is 215 g/mol. The molecule has 1 N–H and O–H groups in total. The lowest BCUT2D eigenvalue weighted by molar-refractivity contribution is -0.156. The van der Waals surface area contributed by atoms with E-state index in [9.17, 15) is 9.59 Å². The van der Waals surface area contributed by atoms with E-state index in [2.05, 4.69) is 10.1 Å². The lowest BCUT2D eigenvalue weighted by Gasteiger charge is -2.50. The Morgan fingerprint density at radius 3 is 2.33 bits per heavy atom. The fourth-order valence-electron chi connectivity index (χ4n) is 1.84. The van der Waals surface area contributed by atoms with Crippen LogP contribution in [0.4, 0.5) is 0 Å². The summed E-state index contributed by atoms with van der Waals surface area (Å²) >= 11 is 0. The Hall–Kier alpha value is -1.10. The van der Waals surface area contributed by atoms with E-state index in [4.69, 9.17) is 4.74 Å². The second kappa shape index (κ2) is 4.18. The smallest absolute Gasteiger partial charge is 0.396 e. The number of hydrogen-bond acceptors (Lipinski definition) is 4. The number of methoxy groups -OCH3 is 2. The normalized spacial score (nSPS) is 27.7. The van der Waals surface area contributed by atoms with Gasteiger partial charge < -0.3 is 14.8 Å². The van der Waals surface area contributed by atoms with Gasteiger partial charge in [-0.25, -0.2) is 4.79 Å². The van der Waals surface area contributed by atoms with Crippen LogP contribution in [0.2, 0.25) is 0 Å². The van der Waals surface area contributed by atoms with Crippen LogP contribution in [0.15, 0.2) is 0 Å². The second-order valence-electron chi connectivity index (χ2n) is 4.30. The summed E-state index contributed by atoms with van der Waals surface area (Å²) in [7, 11) is 2.83. The van der Waals surface area contributed by atoms with Crippen LogP contribution in [0.3, 0.4) is 0 Å². The van der Waals surface area contributed by atoms with Crippen LogP contribution >= 0.6 is 0 Å². The van der Waals surface area contributed by atoms with Gasteiger partial charge in [0.15, 0.2) is 0 Å². The lowest BCUT2D eigenvalue weighted by atomic mass is 9.64. The van der Waals surface area contributed by atoms with E-state index < -0.39 is 11.9 Å². The van der Waals surface area contributed by atoms with Crippen LogP contribution in [0.5, 0.6) is 0 Å². The molecule has 0 saturated heterocycles. The fourth-order valence-corrected chi connectivity index (χ4v) is 1.84. The first-order valence-electron chi connectivity index (χ1n) is 4.85. The molecule has 0 aromatic rings. The van der Waals surface area contributed by atoms with Crippen molar-refractivity contribution in [3.63, 3.8) is 0 Å². The van der Waals surface area contributed by atoms with Gasteiger partial charge in [-0.1, -0.05) is 13.8 Å². The Bertz CT molecular complexity index is 275. The van der Waals surface area contributed by atoms with Crippen molar-refractivity contribution in [1.29, 1.82) is 0 Å². The summed E-state index contributed by atoms with van der Waals surface area (Å²) in [6, 6.07) is -0.0333. The van der Waals surface area contributed by atoms with Gasteiger partial charge in [0.1, 0.15) is 0 Å².